The summed E-state index contributed by atoms with van der Waals surface area (Å²) in [5, 5.41) is 8.29. The first-order chi connectivity index (χ1) is 5.78. The van der Waals surface area contributed by atoms with Crippen LogP contribution in [-0.2, 0) is 9.53 Å². The molecule has 78 valence electrons. The minimum atomic E-state index is -0.968. The van der Waals surface area contributed by atoms with Gasteiger partial charge in [0.15, 0.2) is 5.38 Å². The molecule has 0 amide bonds. The van der Waals surface area contributed by atoms with Crippen molar-refractivity contribution < 1.29 is 14.6 Å². The maximum absolute atomic E-state index is 11.2. The van der Waals surface area contributed by atoms with Crippen molar-refractivity contribution in [2.45, 2.75) is 51.2 Å². The van der Waals surface area contributed by atoms with Crippen LogP contribution in [0.1, 0.15) is 34.1 Å². The Kier molecular flexibility index (Phi) is 4.71. The van der Waals surface area contributed by atoms with Crippen molar-refractivity contribution in [1.82, 2.24) is 0 Å². The number of carbonyl (C=O) groups excluding carboxylic acids is 1. The molecule has 0 saturated carbocycles. The Morgan fingerprint density at radius 3 is 2.31 bits per heavy atom. The molecule has 0 saturated heterocycles. The zero-order chi connectivity index (χ0) is 10.6. The van der Waals surface area contributed by atoms with Crippen LogP contribution < -0.4 is 0 Å². The topological polar surface area (TPSA) is 46.5 Å². The average Bonchev–Trinajstić information content (AvgIpc) is 1.98. The minimum absolute atomic E-state index is 0.438. The second kappa shape index (κ2) is 4.82. The average molecular weight is 209 g/mol. The molecule has 0 bridgehead atoms. The predicted octanol–water partition coefficient (Wildman–Crippen LogP) is 1.71. The highest BCUT2D eigenvalue weighted by molar-refractivity contribution is 6.30. The lowest BCUT2D eigenvalue weighted by Gasteiger charge is -2.22. The van der Waals surface area contributed by atoms with Gasteiger partial charge in [-0.15, -0.1) is 11.6 Å². The first-order valence-electron chi connectivity index (χ1n) is 4.33. The Morgan fingerprint density at radius 1 is 1.54 bits per heavy atom. The van der Waals surface area contributed by atoms with E-state index < -0.39 is 23.1 Å². The summed E-state index contributed by atoms with van der Waals surface area (Å²) in [7, 11) is 0. The fourth-order valence-electron chi connectivity index (χ4n) is 0.722. The smallest absolute Gasteiger partial charge is 0.327 e. The lowest BCUT2D eigenvalue weighted by Crippen LogP contribution is -2.35. The molecule has 0 radical (unpaired) electrons. The van der Waals surface area contributed by atoms with Crippen LogP contribution in [-0.4, -0.2) is 28.2 Å². The van der Waals surface area contributed by atoms with Crippen LogP contribution in [0.2, 0.25) is 0 Å². The van der Waals surface area contributed by atoms with Gasteiger partial charge >= 0.3 is 5.97 Å². The van der Waals surface area contributed by atoms with Gasteiger partial charge in [0.2, 0.25) is 0 Å². The van der Waals surface area contributed by atoms with E-state index >= 15 is 0 Å². The Bertz CT molecular complexity index is 174. The van der Waals surface area contributed by atoms with Crippen molar-refractivity contribution in [3.8, 4) is 0 Å². The fourth-order valence-corrected chi connectivity index (χ4v) is 0.945. The summed E-state index contributed by atoms with van der Waals surface area (Å²) in [6, 6.07) is 0. The Morgan fingerprint density at radius 2 is 2.00 bits per heavy atom. The second-order valence-electron chi connectivity index (χ2n) is 3.91. The van der Waals surface area contributed by atoms with E-state index in [9.17, 15) is 9.90 Å². The van der Waals surface area contributed by atoms with Crippen molar-refractivity contribution in [3.63, 3.8) is 0 Å². The first-order valence-corrected chi connectivity index (χ1v) is 4.76. The number of halogens is 1. The van der Waals surface area contributed by atoms with Crippen molar-refractivity contribution in [2.75, 3.05) is 0 Å². The number of hydrogen-bond donors (Lipinski definition) is 1. The molecule has 2 unspecified atom stereocenters. The fraction of sp³-hybridized carbons (Fsp3) is 0.889. The molecule has 0 aliphatic rings. The van der Waals surface area contributed by atoms with Crippen molar-refractivity contribution >= 4 is 17.6 Å². The summed E-state index contributed by atoms with van der Waals surface area (Å²) in [6.07, 6.45) is -0.399. The van der Waals surface area contributed by atoms with E-state index in [2.05, 4.69) is 0 Å². The molecule has 0 rings (SSSR count). The third-order valence-electron chi connectivity index (χ3n) is 1.39. The molecule has 2 atom stereocenters. The quantitative estimate of drug-likeness (QED) is 0.568. The molecule has 0 aliphatic heterocycles. The van der Waals surface area contributed by atoms with E-state index in [1.807, 2.05) is 0 Å². The number of alkyl halides is 1. The number of carbonyl (C=O) groups is 1. The molecule has 0 spiro atoms. The third kappa shape index (κ3) is 5.11. The maximum atomic E-state index is 11.2. The molecule has 0 aromatic carbocycles. The highest BCUT2D eigenvalue weighted by Gasteiger charge is 2.28. The van der Waals surface area contributed by atoms with E-state index in [0.717, 1.165) is 0 Å². The van der Waals surface area contributed by atoms with Crippen LogP contribution in [0, 0.1) is 0 Å². The van der Waals surface area contributed by atoms with Gasteiger partial charge in [-0.2, -0.15) is 0 Å². The molecule has 1 N–H and O–H groups in total. The molecular formula is C9H17ClO3. The van der Waals surface area contributed by atoms with Gasteiger partial charge in [-0.3, -0.25) is 4.79 Å². The van der Waals surface area contributed by atoms with Gasteiger partial charge in [0, 0.05) is 0 Å². The van der Waals surface area contributed by atoms with Crippen LogP contribution in [0.15, 0.2) is 0 Å². The molecule has 0 aromatic heterocycles. The van der Waals surface area contributed by atoms with Crippen molar-refractivity contribution in [1.29, 1.82) is 0 Å². The number of aliphatic hydroxyl groups is 1. The number of hydrogen-bond acceptors (Lipinski definition) is 3. The van der Waals surface area contributed by atoms with Crippen LogP contribution >= 0.6 is 11.6 Å². The summed E-state index contributed by atoms with van der Waals surface area (Å²) in [5.41, 5.74) is -0.558. The van der Waals surface area contributed by atoms with E-state index in [4.69, 9.17) is 16.3 Å². The highest BCUT2D eigenvalue weighted by Crippen LogP contribution is 2.14. The van der Waals surface area contributed by atoms with Crippen LogP contribution in [0.3, 0.4) is 0 Å². The van der Waals surface area contributed by atoms with Gasteiger partial charge < -0.3 is 9.84 Å². The molecule has 0 aliphatic carbocycles. The number of aliphatic hydroxyl groups excluding tert-OH is 1. The van der Waals surface area contributed by atoms with E-state index in [1.165, 1.54) is 0 Å². The Hall–Kier alpha value is -0.280. The molecule has 0 aromatic rings. The number of esters is 1. The highest BCUT2D eigenvalue weighted by atomic mass is 35.5. The van der Waals surface area contributed by atoms with Crippen LogP contribution in [0.25, 0.3) is 0 Å². The SMILES string of the molecule is CCC(O)C(Cl)C(=O)OC(C)(C)C. The molecular weight excluding hydrogens is 192 g/mol. The van der Waals surface area contributed by atoms with Gasteiger partial charge in [0.1, 0.15) is 5.60 Å². The molecule has 3 nitrogen and oxygen atoms in total. The first kappa shape index (κ1) is 12.7. The third-order valence-corrected chi connectivity index (χ3v) is 1.86. The minimum Gasteiger partial charge on any atom is -0.459 e. The normalized spacial score (nSPS) is 16.5. The molecule has 0 fully saturated rings. The standard InChI is InChI=1S/C9H17ClO3/c1-5-6(11)7(10)8(12)13-9(2,3)4/h6-7,11H,5H2,1-4H3. The second-order valence-corrected chi connectivity index (χ2v) is 4.38. The molecule has 0 heterocycles. The summed E-state index contributed by atoms with van der Waals surface area (Å²) in [4.78, 5) is 11.2. The Labute approximate surface area is 84.0 Å². The Balaban J connectivity index is 4.12. The van der Waals surface area contributed by atoms with Gasteiger partial charge in [-0.1, -0.05) is 6.92 Å². The van der Waals surface area contributed by atoms with Gasteiger partial charge in [0.25, 0.3) is 0 Å². The molecule has 4 heteroatoms. The van der Waals surface area contributed by atoms with Gasteiger partial charge in [0.05, 0.1) is 6.10 Å². The summed E-state index contributed by atoms with van der Waals surface area (Å²) >= 11 is 5.66. The van der Waals surface area contributed by atoms with Gasteiger partial charge in [-0.05, 0) is 27.2 Å². The van der Waals surface area contributed by atoms with E-state index in [0.29, 0.717) is 6.42 Å². The van der Waals surface area contributed by atoms with Crippen LogP contribution in [0.4, 0.5) is 0 Å². The maximum Gasteiger partial charge on any atom is 0.327 e. The lowest BCUT2D eigenvalue weighted by atomic mass is 10.1. The lowest BCUT2D eigenvalue weighted by molar-refractivity contribution is -0.156. The predicted molar refractivity (Wildman–Crippen MR) is 51.8 cm³/mol. The van der Waals surface area contributed by atoms with E-state index in [-0.39, 0.29) is 0 Å². The monoisotopic (exact) mass is 208 g/mol. The largest absolute Gasteiger partial charge is 0.459 e. The summed E-state index contributed by atoms with van der Waals surface area (Å²) < 4.78 is 4.99. The van der Waals surface area contributed by atoms with Gasteiger partial charge in [-0.25, -0.2) is 0 Å². The summed E-state index contributed by atoms with van der Waals surface area (Å²) in [5.74, 6) is -0.566. The van der Waals surface area contributed by atoms with Crippen molar-refractivity contribution in [3.05, 3.63) is 0 Å². The zero-order valence-corrected chi connectivity index (χ0v) is 9.26. The molecule has 13 heavy (non-hydrogen) atoms. The zero-order valence-electron chi connectivity index (χ0n) is 8.50. The number of ether oxygens (including phenoxy) is 1. The van der Waals surface area contributed by atoms with Crippen molar-refractivity contribution in [2.24, 2.45) is 0 Å². The number of rotatable bonds is 3. The van der Waals surface area contributed by atoms with E-state index in [1.54, 1.807) is 27.7 Å². The van der Waals surface area contributed by atoms with Crippen LogP contribution in [0.5, 0.6) is 0 Å². The summed E-state index contributed by atoms with van der Waals surface area (Å²) in [6.45, 7) is 7.02.